The summed E-state index contributed by atoms with van der Waals surface area (Å²) in [5.74, 6) is 1.77. The molecule has 0 aliphatic carbocycles. The molecule has 0 aromatic rings. The normalized spacial score (nSPS) is 21.3. The fraction of sp³-hybridized carbons (Fsp3) is 0.929. The van der Waals surface area contributed by atoms with Crippen molar-refractivity contribution in [2.24, 2.45) is 11.3 Å². The first-order valence-corrected chi connectivity index (χ1v) is 7.58. The van der Waals surface area contributed by atoms with Gasteiger partial charge in [-0.3, -0.25) is 4.79 Å². The Hall–Kier alpha value is -0.180. The van der Waals surface area contributed by atoms with Gasteiger partial charge in [0.25, 0.3) is 0 Å². The van der Waals surface area contributed by atoms with Gasteiger partial charge in [-0.25, -0.2) is 0 Å². The van der Waals surface area contributed by atoms with Crippen LogP contribution in [-0.2, 0) is 4.79 Å². The fourth-order valence-electron chi connectivity index (χ4n) is 3.08. The number of thiol groups is 1. The van der Waals surface area contributed by atoms with Gasteiger partial charge in [-0.2, -0.15) is 12.6 Å². The zero-order valence-corrected chi connectivity index (χ0v) is 12.4. The molecule has 0 spiro atoms. The lowest BCUT2D eigenvalue weighted by atomic mass is 9.80. The lowest BCUT2D eigenvalue weighted by Gasteiger charge is -2.36. The summed E-state index contributed by atoms with van der Waals surface area (Å²) < 4.78 is 0. The molecule has 0 N–H and O–H groups in total. The average molecular weight is 257 g/mol. The maximum atomic E-state index is 11.9. The second-order valence-corrected chi connectivity index (χ2v) is 6.06. The highest BCUT2D eigenvalue weighted by molar-refractivity contribution is 7.80. The van der Waals surface area contributed by atoms with Gasteiger partial charge in [0.05, 0.1) is 0 Å². The van der Waals surface area contributed by atoms with Gasteiger partial charge < -0.3 is 4.90 Å². The third kappa shape index (κ3) is 3.90. The van der Waals surface area contributed by atoms with Crippen molar-refractivity contribution in [2.75, 3.05) is 18.8 Å². The average Bonchev–Trinajstić information content (AvgIpc) is 2.58. The van der Waals surface area contributed by atoms with Crippen LogP contribution in [0.3, 0.4) is 0 Å². The molecule has 17 heavy (non-hydrogen) atoms. The minimum Gasteiger partial charge on any atom is -0.342 e. The summed E-state index contributed by atoms with van der Waals surface area (Å²) in [6.07, 6.45) is 5.46. The van der Waals surface area contributed by atoms with E-state index in [0.29, 0.717) is 11.8 Å². The van der Waals surface area contributed by atoms with Crippen LogP contribution < -0.4 is 0 Å². The van der Waals surface area contributed by atoms with Gasteiger partial charge >= 0.3 is 0 Å². The van der Waals surface area contributed by atoms with Gasteiger partial charge in [0.15, 0.2) is 0 Å². The highest BCUT2D eigenvalue weighted by Gasteiger charge is 2.35. The van der Waals surface area contributed by atoms with E-state index in [2.05, 4.69) is 38.3 Å². The van der Waals surface area contributed by atoms with Crippen molar-refractivity contribution in [3.05, 3.63) is 0 Å². The molecule has 1 aliphatic heterocycles. The Balaban J connectivity index is 2.67. The molecule has 1 aliphatic rings. The van der Waals surface area contributed by atoms with Gasteiger partial charge in [-0.15, -0.1) is 0 Å². The first-order valence-electron chi connectivity index (χ1n) is 6.95. The number of amides is 1. The quantitative estimate of drug-likeness (QED) is 0.693. The van der Waals surface area contributed by atoms with Gasteiger partial charge in [0.2, 0.25) is 5.91 Å². The summed E-state index contributed by atoms with van der Waals surface area (Å²) in [5, 5.41) is 0. The maximum absolute atomic E-state index is 11.9. The van der Waals surface area contributed by atoms with Crippen LogP contribution >= 0.6 is 12.6 Å². The largest absolute Gasteiger partial charge is 0.342 e. The smallest absolute Gasteiger partial charge is 0.222 e. The summed E-state index contributed by atoms with van der Waals surface area (Å²) >= 11 is 4.56. The molecule has 0 bridgehead atoms. The van der Waals surface area contributed by atoms with Crippen molar-refractivity contribution in [1.29, 1.82) is 0 Å². The molecule has 1 heterocycles. The molecule has 3 heteroatoms. The van der Waals surface area contributed by atoms with Crippen LogP contribution in [0, 0.1) is 11.3 Å². The van der Waals surface area contributed by atoms with E-state index in [1.807, 2.05) is 0 Å². The van der Waals surface area contributed by atoms with Crippen LogP contribution in [-0.4, -0.2) is 29.6 Å². The van der Waals surface area contributed by atoms with Crippen molar-refractivity contribution in [3.63, 3.8) is 0 Å². The highest BCUT2D eigenvalue weighted by Crippen LogP contribution is 2.34. The molecule has 2 nitrogen and oxygen atoms in total. The molecule has 1 saturated heterocycles. The molecular formula is C14H27NOS. The SMILES string of the molecule is CCCC(CS)(CCC)CN1CC(C)CC1=O. The molecule has 1 amide bonds. The van der Waals surface area contributed by atoms with Gasteiger partial charge in [0, 0.05) is 19.5 Å². The molecule has 1 rings (SSSR count). The molecule has 0 radical (unpaired) electrons. The van der Waals surface area contributed by atoms with E-state index in [1.165, 1.54) is 25.7 Å². The van der Waals surface area contributed by atoms with E-state index in [4.69, 9.17) is 0 Å². The monoisotopic (exact) mass is 257 g/mol. The fourth-order valence-corrected chi connectivity index (χ4v) is 3.50. The number of carbonyl (C=O) groups excluding carboxylic acids is 1. The van der Waals surface area contributed by atoms with Crippen molar-refractivity contribution in [2.45, 2.75) is 52.9 Å². The minimum atomic E-state index is 0.242. The number of nitrogens with zero attached hydrogens (tertiary/aromatic N) is 1. The Morgan fingerprint density at radius 1 is 1.35 bits per heavy atom. The van der Waals surface area contributed by atoms with Crippen molar-refractivity contribution >= 4 is 18.5 Å². The van der Waals surface area contributed by atoms with Gasteiger partial charge in [-0.05, 0) is 29.9 Å². The van der Waals surface area contributed by atoms with Crippen LogP contribution in [0.1, 0.15) is 52.9 Å². The summed E-state index contributed by atoms with van der Waals surface area (Å²) in [6, 6.07) is 0. The molecule has 1 unspecified atom stereocenters. The molecule has 100 valence electrons. The van der Waals surface area contributed by atoms with E-state index in [0.717, 1.165) is 25.3 Å². The summed E-state index contributed by atoms with van der Waals surface area (Å²) in [4.78, 5) is 14.0. The second-order valence-electron chi connectivity index (χ2n) is 5.74. The third-order valence-electron chi connectivity index (χ3n) is 3.83. The Morgan fingerprint density at radius 2 is 1.94 bits per heavy atom. The van der Waals surface area contributed by atoms with E-state index in [-0.39, 0.29) is 5.41 Å². The topological polar surface area (TPSA) is 20.3 Å². The lowest BCUT2D eigenvalue weighted by molar-refractivity contribution is -0.129. The summed E-state index contributed by atoms with van der Waals surface area (Å²) in [6.45, 7) is 8.48. The Kier molecular flexibility index (Phi) is 5.84. The van der Waals surface area contributed by atoms with Crippen molar-refractivity contribution < 1.29 is 4.79 Å². The van der Waals surface area contributed by atoms with Crippen LogP contribution in [0.25, 0.3) is 0 Å². The number of carbonyl (C=O) groups is 1. The van der Waals surface area contributed by atoms with Crippen LogP contribution in [0.2, 0.25) is 0 Å². The Bertz CT molecular complexity index is 249. The molecule has 1 atom stereocenters. The maximum Gasteiger partial charge on any atom is 0.222 e. The predicted octanol–water partition coefficient (Wildman–Crippen LogP) is 3.37. The first-order chi connectivity index (χ1) is 8.06. The van der Waals surface area contributed by atoms with Crippen molar-refractivity contribution in [1.82, 2.24) is 4.90 Å². The Labute approximate surface area is 112 Å². The van der Waals surface area contributed by atoms with E-state index in [9.17, 15) is 4.79 Å². The molecule has 0 aromatic heterocycles. The van der Waals surface area contributed by atoms with Gasteiger partial charge in [-0.1, -0.05) is 33.6 Å². The number of likely N-dealkylation sites (tertiary alicyclic amines) is 1. The van der Waals surface area contributed by atoms with Crippen LogP contribution in [0.5, 0.6) is 0 Å². The van der Waals surface area contributed by atoms with Crippen LogP contribution in [0.4, 0.5) is 0 Å². The number of rotatable bonds is 7. The molecule has 0 aromatic carbocycles. The zero-order chi connectivity index (χ0) is 12.9. The van der Waals surface area contributed by atoms with Gasteiger partial charge in [0.1, 0.15) is 0 Å². The van der Waals surface area contributed by atoms with E-state index < -0.39 is 0 Å². The Morgan fingerprint density at radius 3 is 2.29 bits per heavy atom. The number of hydrogen-bond donors (Lipinski definition) is 1. The minimum absolute atomic E-state index is 0.242. The second kappa shape index (κ2) is 6.67. The third-order valence-corrected chi connectivity index (χ3v) is 4.50. The molecule has 0 saturated carbocycles. The van der Waals surface area contributed by atoms with E-state index in [1.54, 1.807) is 0 Å². The standard InChI is InChI=1S/C14H27NOS/c1-4-6-14(11-17,7-5-2)10-15-9-12(3)8-13(15)16/h12,17H,4-11H2,1-3H3. The van der Waals surface area contributed by atoms with E-state index >= 15 is 0 Å². The summed E-state index contributed by atoms with van der Waals surface area (Å²) in [5.41, 5.74) is 0.242. The lowest BCUT2D eigenvalue weighted by Crippen LogP contribution is -2.40. The predicted molar refractivity (Wildman–Crippen MR) is 76.5 cm³/mol. The highest BCUT2D eigenvalue weighted by atomic mass is 32.1. The van der Waals surface area contributed by atoms with Crippen LogP contribution in [0.15, 0.2) is 0 Å². The summed E-state index contributed by atoms with van der Waals surface area (Å²) in [7, 11) is 0. The number of hydrogen-bond acceptors (Lipinski definition) is 2. The molecule has 1 fully saturated rings. The zero-order valence-electron chi connectivity index (χ0n) is 11.5. The first kappa shape index (κ1) is 14.9. The van der Waals surface area contributed by atoms with Crippen molar-refractivity contribution in [3.8, 4) is 0 Å². The molecular weight excluding hydrogens is 230 g/mol.